The molecule has 0 aromatic heterocycles. The maximum Gasteiger partial charge on any atom is 0.227 e. The van der Waals surface area contributed by atoms with Crippen molar-refractivity contribution in [2.75, 3.05) is 12.0 Å². The van der Waals surface area contributed by atoms with Crippen LogP contribution >= 0.6 is 11.6 Å². The molecular weight excluding hydrogens is 286 g/mol. The Hall–Kier alpha value is -2.00. The van der Waals surface area contributed by atoms with Crippen LogP contribution in [0.15, 0.2) is 48.5 Å². The Labute approximate surface area is 129 Å². The molecule has 2 aromatic carbocycles. The van der Waals surface area contributed by atoms with Gasteiger partial charge in [-0.15, -0.1) is 0 Å². The number of rotatable bonds is 3. The topological polar surface area (TPSA) is 29.5 Å². The van der Waals surface area contributed by atoms with Crippen molar-refractivity contribution in [1.82, 2.24) is 0 Å². The number of ether oxygens (including phenoxy) is 1. The summed E-state index contributed by atoms with van der Waals surface area (Å²) >= 11 is 5.93. The molecule has 21 heavy (non-hydrogen) atoms. The van der Waals surface area contributed by atoms with Crippen molar-refractivity contribution in [2.24, 2.45) is 0 Å². The van der Waals surface area contributed by atoms with Crippen LogP contribution in [0.25, 0.3) is 0 Å². The normalized spacial score (nSPS) is 18.1. The number of hydrogen-bond acceptors (Lipinski definition) is 2. The molecule has 0 aliphatic carbocycles. The summed E-state index contributed by atoms with van der Waals surface area (Å²) in [5.41, 5.74) is 1.98. The fourth-order valence-corrected chi connectivity index (χ4v) is 2.90. The van der Waals surface area contributed by atoms with Gasteiger partial charge in [0.1, 0.15) is 5.75 Å². The van der Waals surface area contributed by atoms with E-state index in [0.29, 0.717) is 11.4 Å². The lowest BCUT2D eigenvalue weighted by atomic mass is 10.0. The minimum atomic E-state index is 0.0498. The first-order chi connectivity index (χ1) is 10.2. The van der Waals surface area contributed by atoms with Gasteiger partial charge in [-0.3, -0.25) is 4.79 Å². The molecule has 2 aromatic rings. The number of carbonyl (C=O) groups is 1. The largest absolute Gasteiger partial charge is 0.497 e. The summed E-state index contributed by atoms with van der Waals surface area (Å²) in [7, 11) is 1.65. The Morgan fingerprint density at radius 2 is 1.95 bits per heavy atom. The van der Waals surface area contributed by atoms with Crippen LogP contribution in [0.5, 0.6) is 5.75 Å². The maximum absolute atomic E-state index is 12.3. The van der Waals surface area contributed by atoms with Crippen molar-refractivity contribution in [3.05, 3.63) is 59.1 Å². The second kappa shape index (κ2) is 5.78. The zero-order valence-corrected chi connectivity index (χ0v) is 12.5. The first kappa shape index (κ1) is 14.0. The minimum absolute atomic E-state index is 0.0498. The fraction of sp³-hybridized carbons (Fsp3) is 0.235. The Kier molecular flexibility index (Phi) is 3.84. The molecule has 1 fully saturated rings. The van der Waals surface area contributed by atoms with E-state index in [1.54, 1.807) is 7.11 Å². The molecular formula is C17H16ClNO2. The van der Waals surface area contributed by atoms with Crippen molar-refractivity contribution >= 4 is 23.2 Å². The summed E-state index contributed by atoms with van der Waals surface area (Å²) in [6.07, 6.45) is 1.37. The molecule has 1 amide bonds. The highest BCUT2D eigenvalue weighted by atomic mass is 35.5. The molecule has 3 rings (SSSR count). The number of benzene rings is 2. The third-order valence-electron chi connectivity index (χ3n) is 3.80. The predicted octanol–water partition coefficient (Wildman–Crippen LogP) is 4.22. The van der Waals surface area contributed by atoms with E-state index in [0.717, 1.165) is 23.4 Å². The van der Waals surface area contributed by atoms with Crippen LogP contribution in [0.1, 0.15) is 24.4 Å². The van der Waals surface area contributed by atoms with Gasteiger partial charge >= 0.3 is 0 Å². The number of halogens is 1. The van der Waals surface area contributed by atoms with E-state index in [9.17, 15) is 4.79 Å². The summed E-state index contributed by atoms with van der Waals surface area (Å²) in [4.78, 5) is 14.1. The van der Waals surface area contributed by atoms with Crippen molar-refractivity contribution in [1.29, 1.82) is 0 Å². The standard InChI is InChI=1S/C17H16ClNO2/c1-21-15-4-2-3-12(11-15)16-9-10-17(20)19(16)14-7-5-13(18)6-8-14/h2-8,11,16H,9-10H2,1H3. The van der Waals surface area contributed by atoms with E-state index in [4.69, 9.17) is 16.3 Å². The summed E-state index contributed by atoms with van der Waals surface area (Å²) in [6.45, 7) is 0. The Bertz CT molecular complexity index is 654. The maximum atomic E-state index is 12.3. The van der Waals surface area contributed by atoms with E-state index in [-0.39, 0.29) is 11.9 Å². The molecule has 0 bridgehead atoms. The number of methoxy groups -OCH3 is 1. The molecule has 108 valence electrons. The number of carbonyl (C=O) groups excluding carboxylic acids is 1. The first-order valence-corrected chi connectivity index (χ1v) is 7.28. The summed E-state index contributed by atoms with van der Waals surface area (Å²) < 4.78 is 5.28. The van der Waals surface area contributed by atoms with E-state index in [2.05, 4.69) is 0 Å². The Morgan fingerprint density at radius 1 is 1.19 bits per heavy atom. The number of nitrogens with zero attached hydrogens (tertiary/aromatic N) is 1. The quantitative estimate of drug-likeness (QED) is 0.849. The molecule has 1 saturated heterocycles. The van der Waals surface area contributed by atoms with E-state index >= 15 is 0 Å². The van der Waals surface area contributed by atoms with E-state index in [1.807, 2.05) is 53.4 Å². The number of anilines is 1. The molecule has 4 heteroatoms. The van der Waals surface area contributed by atoms with Crippen LogP contribution in [0.4, 0.5) is 5.69 Å². The highest BCUT2D eigenvalue weighted by molar-refractivity contribution is 6.30. The minimum Gasteiger partial charge on any atom is -0.497 e. The van der Waals surface area contributed by atoms with E-state index < -0.39 is 0 Å². The second-order valence-electron chi connectivity index (χ2n) is 5.07. The van der Waals surface area contributed by atoms with Crippen LogP contribution in [0.2, 0.25) is 5.02 Å². The van der Waals surface area contributed by atoms with Gasteiger partial charge in [-0.1, -0.05) is 23.7 Å². The van der Waals surface area contributed by atoms with Crippen molar-refractivity contribution < 1.29 is 9.53 Å². The molecule has 0 saturated carbocycles. The lowest BCUT2D eigenvalue weighted by Gasteiger charge is -2.25. The SMILES string of the molecule is COc1cccc(C2CCC(=O)N2c2ccc(Cl)cc2)c1. The number of amides is 1. The van der Waals surface area contributed by atoms with Gasteiger partial charge < -0.3 is 9.64 Å². The zero-order chi connectivity index (χ0) is 14.8. The van der Waals surface area contributed by atoms with Crippen LogP contribution in [-0.4, -0.2) is 13.0 Å². The van der Waals surface area contributed by atoms with Crippen LogP contribution in [0.3, 0.4) is 0 Å². The van der Waals surface area contributed by atoms with E-state index in [1.165, 1.54) is 0 Å². The zero-order valence-electron chi connectivity index (χ0n) is 11.8. The van der Waals surface area contributed by atoms with Crippen molar-refractivity contribution in [2.45, 2.75) is 18.9 Å². The summed E-state index contributed by atoms with van der Waals surface area (Å²) in [5, 5.41) is 0.670. The average molecular weight is 302 g/mol. The highest BCUT2D eigenvalue weighted by Crippen LogP contribution is 2.38. The van der Waals surface area contributed by atoms with Gasteiger partial charge in [0.2, 0.25) is 5.91 Å². The fourth-order valence-electron chi connectivity index (χ4n) is 2.77. The molecule has 3 nitrogen and oxygen atoms in total. The van der Waals surface area contributed by atoms with Gasteiger partial charge in [0.15, 0.2) is 0 Å². The Morgan fingerprint density at radius 3 is 2.67 bits per heavy atom. The molecule has 1 heterocycles. The van der Waals surface area contributed by atoms with Gasteiger partial charge in [0.05, 0.1) is 13.2 Å². The molecule has 1 atom stereocenters. The first-order valence-electron chi connectivity index (χ1n) is 6.90. The number of hydrogen-bond donors (Lipinski definition) is 0. The third kappa shape index (κ3) is 2.74. The highest BCUT2D eigenvalue weighted by Gasteiger charge is 2.33. The van der Waals surface area contributed by atoms with Gasteiger partial charge in [0, 0.05) is 17.1 Å². The third-order valence-corrected chi connectivity index (χ3v) is 4.05. The molecule has 0 spiro atoms. The van der Waals surface area contributed by atoms with Crippen LogP contribution < -0.4 is 9.64 Å². The van der Waals surface area contributed by atoms with Crippen molar-refractivity contribution in [3.63, 3.8) is 0 Å². The molecule has 0 N–H and O–H groups in total. The molecule has 1 aliphatic rings. The lowest BCUT2D eigenvalue weighted by molar-refractivity contribution is -0.117. The predicted molar refractivity (Wildman–Crippen MR) is 83.9 cm³/mol. The van der Waals surface area contributed by atoms with Crippen LogP contribution in [0, 0.1) is 0 Å². The van der Waals surface area contributed by atoms with Gasteiger partial charge in [-0.25, -0.2) is 0 Å². The molecule has 1 unspecified atom stereocenters. The second-order valence-corrected chi connectivity index (χ2v) is 5.51. The van der Waals surface area contributed by atoms with Gasteiger partial charge in [0.25, 0.3) is 0 Å². The summed E-state index contributed by atoms with van der Waals surface area (Å²) in [6, 6.07) is 15.3. The van der Waals surface area contributed by atoms with Gasteiger partial charge in [-0.05, 0) is 48.4 Å². The average Bonchev–Trinajstić information content (AvgIpc) is 2.90. The van der Waals surface area contributed by atoms with Gasteiger partial charge in [-0.2, -0.15) is 0 Å². The monoisotopic (exact) mass is 301 g/mol. The smallest absolute Gasteiger partial charge is 0.227 e. The van der Waals surface area contributed by atoms with Crippen LogP contribution in [-0.2, 0) is 4.79 Å². The Balaban J connectivity index is 1.97. The molecule has 0 radical (unpaired) electrons. The lowest BCUT2D eigenvalue weighted by Crippen LogP contribution is -2.27. The summed E-state index contributed by atoms with van der Waals surface area (Å²) in [5.74, 6) is 0.952. The molecule has 1 aliphatic heterocycles. The van der Waals surface area contributed by atoms with Crippen molar-refractivity contribution in [3.8, 4) is 5.75 Å².